The highest BCUT2D eigenvalue weighted by atomic mass is 79.9. The summed E-state index contributed by atoms with van der Waals surface area (Å²) in [5, 5.41) is 9.82. The number of hydrogen-bond acceptors (Lipinski definition) is 2. The van der Waals surface area contributed by atoms with E-state index in [1.54, 1.807) is 36.4 Å². The van der Waals surface area contributed by atoms with Crippen LogP contribution in [0.4, 0.5) is 16.2 Å². The molecule has 2 amide bonds. The summed E-state index contributed by atoms with van der Waals surface area (Å²) < 4.78 is 0.715. The molecule has 5 heteroatoms. The molecular weight excluding hydrogens is 392 g/mol. The fourth-order valence-corrected chi connectivity index (χ4v) is 3.07. The molecule has 3 aromatic rings. The third-order valence-corrected chi connectivity index (χ3v) is 4.49. The second-order valence-electron chi connectivity index (χ2n) is 5.62. The zero-order valence-electron chi connectivity index (χ0n) is 13.8. The quantitative estimate of drug-likeness (QED) is 0.456. The number of hydrogen-bond donors (Lipinski definition) is 2. The minimum absolute atomic E-state index is 0.00736. The van der Waals surface area contributed by atoms with Gasteiger partial charge >= 0.3 is 6.03 Å². The number of phenols is 1. The summed E-state index contributed by atoms with van der Waals surface area (Å²) in [6.45, 7) is 0. The van der Waals surface area contributed by atoms with Gasteiger partial charge in [-0.2, -0.15) is 0 Å². The van der Waals surface area contributed by atoms with E-state index in [0.717, 1.165) is 0 Å². The van der Waals surface area contributed by atoms with Gasteiger partial charge in [0.1, 0.15) is 5.75 Å². The van der Waals surface area contributed by atoms with Crippen LogP contribution in [0.3, 0.4) is 0 Å². The molecule has 0 radical (unpaired) electrons. The van der Waals surface area contributed by atoms with Gasteiger partial charge in [0.2, 0.25) is 0 Å². The number of fused-ring (bicyclic) bond motifs is 2. The van der Waals surface area contributed by atoms with E-state index in [9.17, 15) is 9.90 Å². The summed E-state index contributed by atoms with van der Waals surface area (Å²) in [7, 11) is 0. The van der Waals surface area contributed by atoms with E-state index >= 15 is 0 Å². The first-order valence-corrected chi connectivity index (χ1v) is 8.76. The van der Waals surface area contributed by atoms with Crippen molar-refractivity contribution in [3.8, 4) is 5.75 Å². The maximum absolute atomic E-state index is 11.6. The van der Waals surface area contributed by atoms with Crippen LogP contribution >= 0.6 is 15.9 Å². The molecule has 0 aliphatic heterocycles. The van der Waals surface area contributed by atoms with E-state index in [2.05, 4.69) is 52.3 Å². The van der Waals surface area contributed by atoms with Crippen molar-refractivity contribution in [2.45, 2.75) is 0 Å². The maximum atomic E-state index is 11.6. The summed E-state index contributed by atoms with van der Waals surface area (Å²) in [6, 6.07) is 21.5. The van der Waals surface area contributed by atoms with Gasteiger partial charge in [-0.1, -0.05) is 54.6 Å². The van der Waals surface area contributed by atoms with E-state index in [1.165, 1.54) is 22.1 Å². The lowest BCUT2D eigenvalue weighted by Gasteiger charge is -2.22. The number of nitrogens with zero attached hydrogens (tertiary/aromatic N) is 1. The van der Waals surface area contributed by atoms with Crippen molar-refractivity contribution in [3.63, 3.8) is 0 Å². The Hall–Kier alpha value is -3.05. The van der Waals surface area contributed by atoms with E-state index in [1.807, 2.05) is 6.07 Å². The Morgan fingerprint density at radius 1 is 0.846 bits per heavy atom. The third-order valence-electron chi connectivity index (χ3n) is 3.82. The van der Waals surface area contributed by atoms with E-state index in [-0.39, 0.29) is 5.75 Å². The van der Waals surface area contributed by atoms with Crippen LogP contribution in [0.5, 0.6) is 5.75 Å². The van der Waals surface area contributed by atoms with Crippen LogP contribution < -0.4 is 10.6 Å². The first-order chi connectivity index (χ1) is 12.6. The van der Waals surface area contributed by atoms with Crippen molar-refractivity contribution in [2.75, 3.05) is 4.90 Å². The van der Waals surface area contributed by atoms with E-state index < -0.39 is 6.03 Å². The third kappa shape index (κ3) is 3.95. The predicted molar refractivity (Wildman–Crippen MR) is 109 cm³/mol. The normalized spacial score (nSPS) is 10.8. The lowest BCUT2D eigenvalue weighted by Crippen LogP contribution is -2.31. The monoisotopic (exact) mass is 408 g/mol. The number of primary amides is 1. The number of halogens is 1. The van der Waals surface area contributed by atoms with Gasteiger partial charge in [-0.15, -0.1) is 0 Å². The molecule has 0 atom stereocenters. The molecule has 2 bridgehead atoms. The largest absolute Gasteiger partial charge is 0.506 e. The van der Waals surface area contributed by atoms with Gasteiger partial charge in [0.05, 0.1) is 11.4 Å². The Morgan fingerprint density at radius 2 is 1.42 bits per heavy atom. The lowest BCUT2D eigenvalue weighted by atomic mass is 10.2. The number of carbonyl (C=O) groups is 1. The Kier molecular flexibility index (Phi) is 5.39. The molecule has 4 nitrogen and oxygen atoms in total. The number of phenolic OH excluding ortho intramolecular Hbond substituents is 1. The number of anilines is 2. The number of para-hydroxylation sites is 3. The molecule has 1 aliphatic rings. The van der Waals surface area contributed by atoms with Crippen LogP contribution in [0, 0.1) is 0 Å². The molecule has 1 aliphatic carbocycles. The van der Waals surface area contributed by atoms with Gasteiger partial charge in [0.25, 0.3) is 0 Å². The fourth-order valence-electron chi connectivity index (χ4n) is 2.61. The molecule has 0 fully saturated rings. The molecule has 3 aromatic carbocycles. The Balaban J connectivity index is 0.000000201. The average molecular weight is 409 g/mol. The molecule has 0 heterocycles. The molecule has 0 unspecified atom stereocenters. The molecule has 4 rings (SSSR count). The average Bonchev–Trinajstić information content (AvgIpc) is 2.96. The smallest absolute Gasteiger partial charge is 0.324 e. The second kappa shape index (κ2) is 7.89. The first-order valence-electron chi connectivity index (χ1n) is 7.96. The zero-order valence-corrected chi connectivity index (χ0v) is 15.4. The van der Waals surface area contributed by atoms with Crippen molar-refractivity contribution in [1.82, 2.24) is 0 Å². The van der Waals surface area contributed by atoms with Gasteiger partial charge in [-0.3, -0.25) is 4.90 Å². The molecule has 0 aromatic heterocycles. The van der Waals surface area contributed by atoms with Gasteiger partial charge in [-0.05, 0) is 57.4 Å². The molecule has 0 saturated carbocycles. The van der Waals surface area contributed by atoms with E-state index in [0.29, 0.717) is 15.8 Å². The number of amides is 2. The zero-order chi connectivity index (χ0) is 18.5. The van der Waals surface area contributed by atoms with Gasteiger partial charge in [0.15, 0.2) is 0 Å². The van der Waals surface area contributed by atoms with Crippen LogP contribution in [0.25, 0.3) is 12.2 Å². The van der Waals surface area contributed by atoms with Gasteiger partial charge < -0.3 is 10.8 Å². The van der Waals surface area contributed by atoms with Crippen LogP contribution in [-0.2, 0) is 0 Å². The number of benzene rings is 3. The minimum Gasteiger partial charge on any atom is -0.506 e. The Labute approximate surface area is 160 Å². The lowest BCUT2D eigenvalue weighted by molar-refractivity contribution is 0.256. The standard InChI is InChI=1S/C13H11BrN2O2.C8H6/c14-9-5-1-2-6-10(9)16(13(15)18)11-7-3-4-8-12(11)17;1-2-7-4-5-8(3-1)6-7/h1-8,17H,(H2,15,18);1-6H. The Bertz CT molecular complexity index is 903. The van der Waals surface area contributed by atoms with Crippen molar-refractivity contribution in [2.24, 2.45) is 5.73 Å². The van der Waals surface area contributed by atoms with E-state index in [4.69, 9.17) is 5.73 Å². The minimum atomic E-state index is -0.664. The molecule has 130 valence electrons. The maximum Gasteiger partial charge on any atom is 0.324 e. The Morgan fingerprint density at radius 3 is 1.96 bits per heavy atom. The number of carbonyl (C=O) groups excluding carboxylic acids is 1. The summed E-state index contributed by atoms with van der Waals surface area (Å²) in [5.74, 6) is -0.00736. The highest BCUT2D eigenvalue weighted by molar-refractivity contribution is 9.10. The predicted octanol–water partition coefficient (Wildman–Crippen LogP) is 5.54. The highest BCUT2D eigenvalue weighted by Crippen LogP contribution is 2.36. The van der Waals surface area contributed by atoms with Crippen molar-refractivity contribution in [1.29, 1.82) is 0 Å². The number of aromatic hydroxyl groups is 1. The second-order valence-corrected chi connectivity index (χ2v) is 6.47. The number of rotatable bonds is 2. The topological polar surface area (TPSA) is 66.6 Å². The molecule has 26 heavy (non-hydrogen) atoms. The summed E-state index contributed by atoms with van der Waals surface area (Å²) in [4.78, 5) is 12.9. The summed E-state index contributed by atoms with van der Waals surface area (Å²) in [5.41, 5.74) is 8.96. The van der Waals surface area contributed by atoms with Crippen LogP contribution in [0.2, 0.25) is 0 Å². The fraction of sp³-hybridized carbons (Fsp3) is 0. The molecule has 0 spiro atoms. The number of nitrogens with two attached hydrogens (primary N) is 1. The highest BCUT2D eigenvalue weighted by Gasteiger charge is 2.19. The van der Waals surface area contributed by atoms with Crippen LogP contribution in [-0.4, -0.2) is 11.1 Å². The summed E-state index contributed by atoms with van der Waals surface area (Å²) in [6.07, 6.45) is 4.24. The summed E-state index contributed by atoms with van der Waals surface area (Å²) >= 11 is 3.36. The number of urea groups is 1. The molecule has 0 saturated heterocycles. The van der Waals surface area contributed by atoms with Crippen LogP contribution in [0.15, 0.2) is 77.3 Å². The van der Waals surface area contributed by atoms with Crippen LogP contribution in [0.1, 0.15) is 11.1 Å². The van der Waals surface area contributed by atoms with Gasteiger partial charge in [0, 0.05) is 4.47 Å². The van der Waals surface area contributed by atoms with Gasteiger partial charge in [-0.25, -0.2) is 4.79 Å². The molecule has 3 N–H and O–H groups in total. The van der Waals surface area contributed by atoms with Crippen molar-refractivity contribution < 1.29 is 9.90 Å². The van der Waals surface area contributed by atoms with Crippen molar-refractivity contribution in [3.05, 3.63) is 88.4 Å². The van der Waals surface area contributed by atoms with Crippen molar-refractivity contribution >= 4 is 45.5 Å². The molecular formula is C21H17BrN2O2. The SMILES string of the molecule is C1=Cc2cccc1c2.NC(=O)N(c1ccccc1O)c1ccccc1Br. The first kappa shape index (κ1) is 17.8.